The number of rotatable bonds is 11. The fourth-order valence-corrected chi connectivity index (χ4v) is 5.47. The maximum absolute atomic E-state index is 13.8. The molecule has 3 rings (SSSR count). The number of amides is 2. The van der Waals surface area contributed by atoms with Gasteiger partial charge in [-0.2, -0.15) is 0 Å². The number of aryl methyl sites for hydroxylation is 1. The molecule has 0 saturated heterocycles. The van der Waals surface area contributed by atoms with Crippen molar-refractivity contribution in [1.82, 2.24) is 10.2 Å². The number of nitrogens with zero attached hydrogens (tertiary/aromatic N) is 2. The predicted octanol–water partition coefficient (Wildman–Crippen LogP) is 5.44. The molecule has 0 spiro atoms. The van der Waals surface area contributed by atoms with Crippen LogP contribution in [0.1, 0.15) is 31.4 Å². The first kappa shape index (κ1) is 29.5. The van der Waals surface area contributed by atoms with Gasteiger partial charge in [0.15, 0.2) is 0 Å². The molecule has 3 aromatic carbocycles. The lowest BCUT2D eigenvalue weighted by atomic mass is 10.1. The Bertz CT molecular complexity index is 1360. The van der Waals surface area contributed by atoms with Gasteiger partial charge in [0.1, 0.15) is 12.6 Å². The van der Waals surface area contributed by atoms with Gasteiger partial charge < -0.3 is 10.2 Å². The summed E-state index contributed by atoms with van der Waals surface area (Å²) < 4.78 is 28.6. The summed E-state index contributed by atoms with van der Waals surface area (Å²) >= 11 is 12.0. The summed E-state index contributed by atoms with van der Waals surface area (Å²) in [5.74, 6) is -0.852. The van der Waals surface area contributed by atoms with Crippen LogP contribution in [0.3, 0.4) is 0 Å². The van der Waals surface area contributed by atoms with Gasteiger partial charge in [0, 0.05) is 23.1 Å². The largest absolute Gasteiger partial charge is 0.354 e. The third kappa shape index (κ3) is 7.49. The van der Waals surface area contributed by atoms with Gasteiger partial charge in [0.2, 0.25) is 11.8 Å². The number of hydrogen-bond donors (Lipinski definition) is 1. The van der Waals surface area contributed by atoms with Crippen molar-refractivity contribution in [3.8, 4) is 0 Å². The number of sulfonamides is 1. The van der Waals surface area contributed by atoms with Crippen molar-refractivity contribution in [3.05, 3.63) is 94.0 Å². The van der Waals surface area contributed by atoms with E-state index in [1.807, 2.05) is 19.9 Å². The van der Waals surface area contributed by atoms with Gasteiger partial charge in [-0.05, 0) is 79.9 Å². The molecule has 0 radical (unpaired) electrons. The molecule has 0 heterocycles. The SMILES string of the molecule is CCCNC(=O)[C@@H](C)N(Cc1ccc(Cl)cc1)C(=O)CN(c1cccc(C)c1)S(=O)(=O)c1ccc(Cl)cc1. The highest BCUT2D eigenvalue weighted by Crippen LogP contribution is 2.26. The molecule has 0 fully saturated rings. The number of benzene rings is 3. The summed E-state index contributed by atoms with van der Waals surface area (Å²) in [6.07, 6.45) is 0.740. The van der Waals surface area contributed by atoms with Crippen LogP contribution < -0.4 is 9.62 Å². The second kappa shape index (κ2) is 13.1. The van der Waals surface area contributed by atoms with Crippen LogP contribution in [-0.4, -0.2) is 44.3 Å². The van der Waals surface area contributed by atoms with E-state index in [9.17, 15) is 18.0 Å². The predicted molar refractivity (Wildman–Crippen MR) is 152 cm³/mol. The van der Waals surface area contributed by atoms with Gasteiger partial charge in [0.05, 0.1) is 10.6 Å². The van der Waals surface area contributed by atoms with Crippen LogP contribution in [-0.2, 0) is 26.2 Å². The summed E-state index contributed by atoms with van der Waals surface area (Å²) in [5, 5.41) is 3.75. The number of halogens is 2. The van der Waals surface area contributed by atoms with Gasteiger partial charge in [-0.25, -0.2) is 8.42 Å². The molecular formula is C28H31Cl2N3O4S. The molecule has 0 bridgehead atoms. The molecular weight excluding hydrogens is 545 g/mol. The Morgan fingerprint density at radius 1 is 0.947 bits per heavy atom. The monoisotopic (exact) mass is 575 g/mol. The van der Waals surface area contributed by atoms with E-state index < -0.39 is 28.5 Å². The minimum Gasteiger partial charge on any atom is -0.354 e. The Labute approximate surface area is 234 Å². The molecule has 10 heteroatoms. The molecule has 0 aliphatic rings. The highest BCUT2D eigenvalue weighted by molar-refractivity contribution is 7.92. The van der Waals surface area contributed by atoms with Crippen molar-refractivity contribution in [2.75, 3.05) is 17.4 Å². The van der Waals surface area contributed by atoms with Crippen LogP contribution in [0.15, 0.2) is 77.7 Å². The van der Waals surface area contributed by atoms with Crippen molar-refractivity contribution >= 4 is 50.7 Å². The van der Waals surface area contributed by atoms with E-state index in [1.165, 1.54) is 29.2 Å². The molecule has 2 amide bonds. The number of carbonyl (C=O) groups excluding carboxylic acids is 2. The molecule has 1 atom stereocenters. The zero-order valence-electron chi connectivity index (χ0n) is 21.5. The Kier molecular flexibility index (Phi) is 10.2. The van der Waals surface area contributed by atoms with E-state index in [0.29, 0.717) is 22.3 Å². The first-order chi connectivity index (χ1) is 18.0. The Balaban J connectivity index is 2.01. The van der Waals surface area contributed by atoms with E-state index in [4.69, 9.17) is 23.2 Å². The summed E-state index contributed by atoms with van der Waals surface area (Å²) in [5.41, 5.74) is 1.92. The Morgan fingerprint density at radius 3 is 2.13 bits per heavy atom. The minimum atomic E-state index is -4.15. The van der Waals surface area contributed by atoms with Crippen LogP contribution in [0.2, 0.25) is 10.0 Å². The topological polar surface area (TPSA) is 86.8 Å². The first-order valence-corrected chi connectivity index (χ1v) is 14.4. The van der Waals surface area contributed by atoms with E-state index in [2.05, 4.69) is 5.32 Å². The van der Waals surface area contributed by atoms with Crippen molar-refractivity contribution in [1.29, 1.82) is 0 Å². The molecule has 0 aliphatic heterocycles. The standard InChI is InChI=1S/C28H31Cl2N3O4S/c1-4-16-31-28(35)21(3)32(18-22-8-10-23(29)11-9-22)27(34)19-33(25-7-5-6-20(2)17-25)38(36,37)26-14-12-24(30)13-15-26/h5-15,17,21H,4,16,18-19H2,1-3H3,(H,31,35)/t21-/m1/s1. The second-order valence-electron chi connectivity index (χ2n) is 8.92. The maximum atomic E-state index is 13.8. The molecule has 7 nitrogen and oxygen atoms in total. The maximum Gasteiger partial charge on any atom is 0.264 e. The van der Waals surface area contributed by atoms with Gasteiger partial charge >= 0.3 is 0 Å². The van der Waals surface area contributed by atoms with Gasteiger partial charge in [-0.15, -0.1) is 0 Å². The molecule has 0 unspecified atom stereocenters. The van der Waals surface area contributed by atoms with Gasteiger partial charge in [-0.3, -0.25) is 13.9 Å². The Hall–Kier alpha value is -3.07. The molecule has 0 saturated carbocycles. The van der Waals surface area contributed by atoms with Crippen molar-refractivity contribution in [2.24, 2.45) is 0 Å². The van der Waals surface area contributed by atoms with E-state index >= 15 is 0 Å². The van der Waals surface area contributed by atoms with Gasteiger partial charge in [0.25, 0.3) is 10.0 Å². The summed E-state index contributed by atoms with van der Waals surface area (Å²) in [6.45, 7) is 5.46. The smallest absolute Gasteiger partial charge is 0.264 e. The second-order valence-corrected chi connectivity index (χ2v) is 11.7. The van der Waals surface area contributed by atoms with E-state index in [-0.39, 0.29) is 17.3 Å². The van der Waals surface area contributed by atoms with Crippen molar-refractivity contribution < 1.29 is 18.0 Å². The normalized spacial score (nSPS) is 12.0. The summed E-state index contributed by atoms with van der Waals surface area (Å²) in [7, 11) is -4.15. The Morgan fingerprint density at radius 2 is 1.55 bits per heavy atom. The number of nitrogens with one attached hydrogen (secondary N) is 1. The molecule has 1 N–H and O–H groups in total. The number of hydrogen-bond acceptors (Lipinski definition) is 4. The zero-order chi connectivity index (χ0) is 27.9. The fourth-order valence-electron chi connectivity index (χ4n) is 3.81. The molecule has 202 valence electrons. The molecule has 0 aliphatic carbocycles. The highest BCUT2D eigenvalue weighted by Gasteiger charge is 2.32. The fraction of sp³-hybridized carbons (Fsp3) is 0.286. The number of carbonyl (C=O) groups is 2. The van der Waals surface area contributed by atoms with Crippen LogP contribution in [0.4, 0.5) is 5.69 Å². The minimum absolute atomic E-state index is 0.00538. The summed E-state index contributed by atoms with van der Waals surface area (Å²) in [6, 6.07) is 18.8. The molecule has 38 heavy (non-hydrogen) atoms. The third-order valence-electron chi connectivity index (χ3n) is 5.95. The van der Waals surface area contributed by atoms with E-state index in [1.54, 1.807) is 49.4 Å². The first-order valence-electron chi connectivity index (χ1n) is 12.2. The lowest BCUT2D eigenvalue weighted by Gasteiger charge is -2.32. The zero-order valence-corrected chi connectivity index (χ0v) is 23.9. The average Bonchev–Trinajstić information content (AvgIpc) is 2.89. The van der Waals surface area contributed by atoms with Gasteiger partial charge in [-0.1, -0.05) is 54.4 Å². The van der Waals surface area contributed by atoms with Crippen molar-refractivity contribution in [2.45, 2.75) is 44.7 Å². The van der Waals surface area contributed by atoms with Crippen LogP contribution in [0, 0.1) is 6.92 Å². The third-order valence-corrected chi connectivity index (χ3v) is 8.24. The van der Waals surface area contributed by atoms with Crippen LogP contribution >= 0.6 is 23.2 Å². The van der Waals surface area contributed by atoms with Crippen LogP contribution in [0.25, 0.3) is 0 Å². The number of anilines is 1. The quantitative estimate of drug-likeness (QED) is 0.330. The van der Waals surface area contributed by atoms with Crippen LogP contribution in [0.5, 0.6) is 0 Å². The molecule has 3 aromatic rings. The highest BCUT2D eigenvalue weighted by atomic mass is 35.5. The average molecular weight is 577 g/mol. The van der Waals surface area contributed by atoms with E-state index in [0.717, 1.165) is 21.9 Å². The summed E-state index contributed by atoms with van der Waals surface area (Å²) in [4.78, 5) is 28.1. The van der Waals surface area contributed by atoms with Crippen molar-refractivity contribution in [3.63, 3.8) is 0 Å². The lowest BCUT2D eigenvalue weighted by molar-refractivity contribution is -0.139. The lowest BCUT2D eigenvalue weighted by Crippen LogP contribution is -2.51. The molecule has 0 aromatic heterocycles.